The van der Waals surface area contributed by atoms with Gasteiger partial charge in [0.2, 0.25) is 0 Å². The number of methoxy groups -OCH3 is 1. The summed E-state index contributed by atoms with van der Waals surface area (Å²) in [5, 5.41) is 0. The van der Waals surface area contributed by atoms with E-state index in [0.29, 0.717) is 16.8 Å². The third-order valence-corrected chi connectivity index (χ3v) is 5.45. The van der Waals surface area contributed by atoms with Crippen molar-refractivity contribution in [2.24, 2.45) is 0 Å². The number of nitrogens with one attached hydrogen (secondary N) is 1. The van der Waals surface area contributed by atoms with Gasteiger partial charge in [-0.2, -0.15) is 0 Å². The van der Waals surface area contributed by atoms with Crippen LogP contribution in [0.5, 0.6) is 5.75 Å². The van der Waals surface area contributed by atoms with Gasteiger partial charge < -0.3 is 4.74 Å². The minimum atomic E-state index is -3.78. The van der Waals surface area contributed by atoms with Gasteiger partial charge in [0.1, 0.15) is 5.82 Å². The van der Waals surface area contributed by atoms with E-state index in [0.717, 1.165) is 5.56 Å². The number of benzene rings is 2. The monoisotopic (exact) mass is 386 g/mol. The summed E-state index contributed by atoms with van der Waals surface area (Å²) in [5.74, 6) is -0.0577. The maximum absolute atomic E-state index is 14.0. The molecule has 1 heterocycles. The van der Waals surface area contributed by atoms with Crippen LogP contribution in [0, 0.1) is 19.7 Å². The lowest BCUT2D eigenvalue weighted by Crippen LogP contribution is -2.14. The molecule has 0 atom stereocenters. The molecule has 0 unspecified atom stereocenters. The average molecular weight is 386 g/mol. The lowest BCUT2D eigenvalue weighted by atomic mass is 10.0. The third kappa shape index (κ3) is 4.09. The quantitative estimate of drug-likeness (QED) is 0.709. The number of halogens is 1. The van der Waals surface area contributed by atoms with Gasteiger partial charge in [0.25, 0.3) is 10.0 Å². The first-order valence-electron chi connectivity index (χ1n) is 8.21. The number of nitrogens with zero attached hydrogens (tertiary/aromatic N) is 1. The second-order valence-electron chi connectivity index (χ2n) is 6.10. The highest BCUT2D eigenvalue weighted by Gasteiger charge is 2.17. The molecule has 27 heavy (non-hydrogen) atoms. The molecular weight excluding hydrogens is 367 g/mol. The molecule has 0 saturated heterocycles. The van der Waals surface area contributed by atoms with Crippen molar-refractivity contribution in [3.05, 3.63) is 71.7 Å². The van der Waals surface area contributed by atoms with Gasteiger partial charge in [0.15, 0.2) is 11.6 Å². The van der Waals surface area contributed by atoms with Gasteiger partial charge in [0, 0.05) is 5.69 Å². The number of aromatic nitrogens is 1. The Labute approximate surface area is 157 Å². The van der Waals surface area contributed by atoms with Crippen molar-refractivity contribution in [2.45, 2.75) is 18.7 Å². The van der Waals surface area contributed by atoms with E-state index in [4.69, 9.17) is 4.74 Å². The van der Waals surface area contributed by atoms with Crippen molar-refractivity contribution in [2.75, 3.05) is 11.8 Å². The highest BCUT2D eigenvalue weighted by Crippen LogP contribution is 2.29. The molecule has 7 heteroatoms. The molecule has 1 aromatic heterocycles. The maximum atomic E-state index is 14.0. The van der Waals surface area contributed by atoms with Crippen LogP contribution in [-0.2, 0) is 10.0 Å². The van der Waals surface area contributed by atoms with E-state index < -0.39 is 15.8 Å². The van der Waals surface area contributed by atoms with Crippen LogP contribution in [0.1, 0.15) is 11.3 Å². The Morgan fingerprint density at radius 3 is 2.44 bits per heavy atom. The van der Waals surface area contributed by atoms with Crippen molar-refractivity contribution in [1.82, 2.24) is 4.98 Å². The minimum absolute atomic E-state index is 0.112. The van der Waals surface area contributed by atoms with E-state index >= 15 is 0 Å². The van der Waals surface area contributed by atoms with E-state index in [9.17, 15) is 12.8 Å². The number of ether oxygens (including phenoxy) is 1. The van der Waals surface area contributed by atoms with Gasteiger partial charge in [-0.05, 0) is 66.9 Å². The molecule has 0 fully saturated rings. The molecule has 2 aromatic carbocycles. The van der Waals surface area contributed by atoms with Crippen LogP contribution in [0.15, 0.2) is 59.5 Å². The highest BCUT2D eigenvalue weighted by molar-refractivity contribution is 7.92. The zero-order valence-corrected chi connectivity index (χ0v) is 16.0. The predicted octanol–water partition coefficient (Wildman–Crippen LogP) is 4.31. The van der Waals surface area contributed by atoms with Crippen LogP contribution in [0.3, 0.4) is 0 Å². The van der Waals surface area contributed by atoms with Crippen LogP contribution in [0.4, 0.5) is 10.2 Å². The molecule has 0 aliphatic heterocycles. The zero-order valence-electron chi connectivity index (χ0n) is 15.2. The van der Waals surface area contributed by atoms with E-state index in [1.54, 1.807) is 56.3 Å². The first-order chi connectivity index (χ1) is 12.8. The zero-order chi connectivity index (χ0) is 19.6. The topological polar surface area (TPSA) is 68.3 Å². The summed E-state index contributed by atoms with van der Waals surface area (Å²) in [4.78, 5) is 4.27. The summed E-state index contributed by atoms with van der Waals surface area (Å²) >= 11 is 0. The number of anilines is 1. The van der Waals surface area contributed by atoms with Crippen LogP contribution < -0.4 is 9.46 Å². The number of pyridine rings is 1. The van der Waals surface area contributed by atoms with E-state index in [2.05, 4.69) is 9.71 Å². The Hall–Kier alpha value is -2.93. The molecule has 0 aliphatic rings. The SMILES string of the molecule is COc1ccc(-c2ccc(S(=O)(=O)Nc3cccc(C)n3)cc2C)cc1F. The lowest BCUT2D eigenvalue weighted by Gasteiger charge is -2.12. The summed E-state index contributed by atoms with van der Waals surface area (Å²) in [6.45, 7) is 3.56. The van der Waals surface area contributed by atoms with Gasteiger partial charge in [-0.3, -0.25) is 4.72 Å². The molecule has 0 aliphatic carbocycles. The Balaban J connectivity index is 1.93. The van der Waals surface area contributed by atoms with E-state index in [1.807, 2.05) is 0 Å². The number of aryl methyl sites for hydroxylation is 2. The van der Waals surface area contributed by atoms with Crippen LogP contribution >= 0.6 is 0 Å². The Morgan fingerprint density at radius 1 is 1.04 bits per heavy atom. The Morgan fingerprint density at radius 2 is 1.81 bits per heavy atom. The van der Waals surface area contributed by atoms with Gasteiger partial charge >= 0.3 is 0 Å². The van der Waals surface area contributed by atoms with Gasteiger partial charge in [-0.1, -0.05) is 18.2 Å². The predicted molar refractivity (Wildman–Crippen MR) is 103 cm³/mol. The maximum Gasteiger partial charge on any atom is 0.263 e. The molecule has 0 spiro atoms. The number of sulfonamides is 1. The lowest BCUT2D eigenvalue weighted by molar-refractivity contribution is 0.386. The molecule has 0 bridgehead atoms. The minimum Gasteiger partial charge on any atom is -0.494 e. The fraction of sp³-hybridized carbons (Fsp3) is 0.150. The van der Waals surface area contributed by atoms with Crippen molar-refractivity contribution in [3.63, 3.8) is 0 Å². The smallest absolute Gasteiger partial charge is 0.263 e. The molecule has 3 rings (SSSR count). The summed E-state index contributed by atoms with van der Waals surface area (Å²) in [5.41, 5.74) is 2.80. The summed E-state index contributed by atoms with van der Waals surface area (Å²) < 4.78 is 46.6. The van der Waals surface area contributed by atoms with Gasteiger partial charge in [0.05, 0.1) is 12.0 Å². The number of hydrogen-bond donors (Lipinski definition) is 1. The molecule has 5 nitrogen and oxygen atoms in total. The largest absolute Gasteiger partial charge is 0.494 e. The average Bonchev–Trinajstić information content (AvgIpc) is 2.61. The second kappa shape index (κ2) is 7.36. The van der Waals surface area contributed by atoms with Crippen molar-refractivity contribution in [3.8, 4) is 16.9 Å². The molecule has 3 aromatic rings. The normalized spacial score (nSPS) is 11.3. The van der Waals surface area contributed by atoms with Crippen molar-refractivity contribution >= 4 is 15.8 Å². The second-order valence-corrected chi connectivity index (χ2v) is 7.78. The fourth-order valence-corrected chi connectivity index (χ4v) is 3.84. The Bertz CT molecular complexity index is 1100. The molecule has 0 amide bonds. The number of hydrogen-bond acceptors (Lipinski definition) is 4. The molecule has 0 radical (unpaired) electrons. The summed E-state index contributed by atoms with van der Waals surface area (Å²) in [6, 6.07) is 14.4. The van der Waals surface area contributed by atoms with Gasteiger partial charge in [-0.25, -0.2) is 17.8 Å². The van der Waals surface area contributed by atoms with Crippen molar-refractivity contribution in [1.29, 1.82) is 0 Å². The van der Waals surface area contributed by atoms with Crippen LogP contribution in [0.25, 0.3) is 11.1 Å². The summed E-state index contributed by atoms with van der Waals surface area (Å²) in [6.07, 6.45) is 0. The first-order valence-corrected chi connectivity index (χ1v) is 9.69. The highest BCUT2D eigenvalue weighted by atomic mass is 32.2. The number of rotatable bonds is 5. The summed E-state index contributed by atoms with van der Waals surface area (Å²) in [7, 11) is -2.38. The van der Waals surface area contributed by atoms with Crippen LogP contribution in [-0.4, -0.2) is 20.5 Å². The molecule has 140 valence electrons. The van der Waals surface area contributed by atoms with Crippen molar-refractivity contribution < 1.29 is 17.5 Å². The molecule has 1 N–H and O–H groups in total. The van der Waals surface area contributed by atoms with E-state index in [1.165, 1.54) is 19.2 Å². The first kappa shape index (κ1) is 18.8. The standard InChI is InChI=1S/C20H19FN2O3S/c1-13-11-16(27(24,25)23-20-6-4-5-14(2)22-20)8-9-17(13)15-7-10-19(26-3)18(21)12-15/h4-12H,1-3H3,(H,22,23). The van der Waals surface area contributed by atoms with Gasteiger partial charge in [-0.15, -0.1) is 0 Å². The molecular formula is C20H19FN2O3S. The third-order valence-electron chi connectivity index (χ3n) is 4.10. The van der Waals surface area contributed by atoms with Crippen LogP contribution in [0.2, 0.25) is 0 Å². The van der Waals surface area contributed by atoms with E-state index in [-0.39, 0.29) is 16.5 Å². The Kier molecular flexibility index (Phi) is 5.14. The fourth-order valence-electron chi connectivity index (χ4n) is 2.76. The molecule has 0 saturated carbocycles.